The van der Waals surface area contributed by atoms with E-state index in [0.717, 1.165) is 19.3 Å². The molecule has 0 saturated carbocycles. The summed E-state index contributed by atoms with van der Waals surface area (Å²) < 4.78 is 14.3. The van der Waals surface area contributed by atoms with Gasteiger partial charge in [0.05, 0.1) is 11.9 Å². The third kappa shape index (κ3) is 1.94. The minimum absolute atomic E-state index is 0.0617. The van der Waals surface area contributed by atoms with E-state index >= 15 is 0 Å². The summed E-state index contributed by atoms with van der Waals surface area (Å²) in [4.78, 5) is 22.9. The first-order valence-electron chi connectivity index (χ1n) is 8.11. The molecule has 23 heavy (non-hydrogen) atoms. The van der Waals surface area contributed by atoms with E-state index < -0.39 is 0 Å². The number of imidazole rings is 1. The van der Waals surface area contributed by atoms with Crippen molar-refractivity contribution in [3.63, 3.8) is 0 Å². The zero-order chi connectivity index (χ0) is 16.2. The van der Waals surface area contributed by atoms with Crippen molar-refractivity contribution >= 4 is 17.1 Å². The highest BCUT2D eigenvalue weighted by Gasteiger charge is 2.57. The van der Waals surface area contributed by atoms with Crippen molar-refractivity contribution in [2.45, 2.75) is 51.0 Å². The van der Waals surface area contributed by atoms with Crippen molar-refractivity contribution in [2.24, 2.45) is 5.92 Å². The summed E-state index contributed by atoms with van der Waals surface area (Å²) in [6, 6.07) is 0. The van der Waals surface area contributed by atoms with Crippen LogP contribution in [0.15, 0.2) is 11.1 Å². The van der Waals surface area contributed by atoms with Crippen molar-refractivity contribution in [3.05, 3.63) is 16.7 Å². The van der Waals surface area contributed by atoms with E-state index in [1.165, 1.54) is 0 Å². The Morgan fingerprint density at radius 3 is 3.04 bits per heavy atom. The Hall–Kier alpha value is -1.93. The Labute approximate surface area is 133 Å². The van der Waals surface area contributed by atoms with Crippen LogP contribution >= 0.6 is 0 Å². The van der Waals surface area contributed by atoms with Gasteiger partial charge in [0.25, 0.3) is 5.56 Å². The fourth-order valence-corrected chi connectivity index (χ4v) is 4.17. The lowest BCUT2D eigenvalue weighted by atomic mass is 9.78. The number of nitrogen functional groups attached to an aromatic ring is 1. The maximum atomic E-state index is 12.0. The van der Waals surface area contributed by atoms with Gasteiger partial charge >= 0.3 is 0 Å². The highest BCUT2D eigenvalue weighted by Crippen LogP contribution is 2.51. The van der Waals surface area contributed by atoms with E-state index in [2.05, 4.69) is 28.8 Å². The van der Waals surface area contributed by atoms with Crippen LogP contribution in [0.2, 0.25) is 0 Å². The second-order valence-electron chi connectivity index (χ2n) is 6.30. The van der Waals surface area contributed by atoms with Gasteiger partial charge < -0.3 is 15.2 Å². The number of nitrogens with one attached hydrogen (secondary N) is 1. The Balaban J connectivity index is 1.84. The van der Waals surface area contributed by atoms with Crippen LogP contribution < -0.4 is 11.3 Å². The predicted molar refractivity (Wildman–Crippen MR) is 83.8 cm³/mol. The van der Waals surface area contributed by atoms with Crippen molar-refractivity contribution < 1.29 is 9.47 Å². The van der Waals surface area contributed by atoms with Gasteiger partial charge in [0.15, 0.2) is 17.4 Å². The predicted octanol–water partition coefficient (Wildman–Crippen LogP) is 1.19. The van der Waals surface area contributed by atoms with E-state index in [1.54, 1.807) is 10.9 Å². The van der Waals surface area contributed by atoms with Crippen LogP contribution in [0.1, 0.15) is 39.3 Å². The molecule has 2 fully saturated rings. The maximum Gasteiger partial charge on any atom is 0.280 e. The van der Waals surface area contributed by atoms with Gasteiger partial charge in [-0.1, -0.05) is 13.8 Å². The van der Waals surface area contributed by atoms with Crippen LogP contribution in [0.4, 0.5) is 5.95 Å². The summed E-state index contributed by atoms with van der Waals surface area (Å²) >= 11 is 0. The Morgan fingerprint density at radius 2 is 2.35 bits per heavy atom. The van der Waals surface area contributed by atoms with E-state index in [1.807, 2.05) is 0 Å². The lowest BCUT2D eigenvalue weighted by molar-refractivity contribution is -0.0901. The highest BCUT2D eigenvalue weighted by atomic mass is 16.6. The van der Waals surface area contributed by atoms with Crippen molar-refractivity contribution in [1.29, 1.82) is 0 Å². The summed E-state index contributed by atoms with van der Waals surface area (Å²) in [5, 5.41) is 0. The van der Waals surface area contributed by atoms with Crippen molar-refractivity contribution in [3.8, 4) is 0 Å². The first-order valence-corrected chi connectivity index (χ1v) is 8.11. The molecule has 0 aliphatic carbocycles. The molecule has 4 rings (SSSR count). The molecule has 8 heteroatoms. The van der Waals surface area contributed by atoms with Crippen LogP contribution in [0, 0.1) is 5.92 Å². The number of hydrogen-bond acceptors (Lipinski definition) is 6. The average molecular weight is 319 g/mol. The van der Waals surface area contributed by atoms with Gasteiger partial charge in [-0.2, -0.15) is 4.98 Å². The number of aromatic amines is 1. The normalized spacial score (nSPS) is 33.4. The van der Waals surface area contributed by atoms with Gasteiger partial charge in [0, 0.05) is 18.9 Å². The third-order valence-electron chi connectivity index (χ3n) is 5.31. The number of rotatable bonds is 3. The number of nitrogens with two attached hydrogens (primary N) is 1. The smallest absolute Gasteiger partial charge is 0.280 e. The number of hydrogen-bond donors (Lipinski definition) is 2. The molecule has 0 aromatic carbocycles. The van der Waals surface area contributed by atoms with Crippen LogP contribution in [0.5, 0.6) is 0 Å². The molecule has 2 aromatic heterocycles. The fourth-order valence-electron chi connectivity index (χ4n) is 4.17. The Morgan fingerprint density at radius 1 is 1.52 bits per heavy atom. The second-order valence-corrected chi connectivity index (χ2v) is 6.30. The molecule has 2 saturated heterocycles. The molecule has 2 aliphatic rings. The lowest BCUT2D eigenvalue weighted by Crippen LogP contribution is -2.43. The zero-order valence-electron chi connectivity index (χ0n) is 13.3. The molecule has 0 amide bonds. The van der Waals surface area contributed by atoms with Crippen molar-refractivity contribution in [1.82, 2.24) is 19.5 Å². The summed E-state index contributed by atoms with van der Waals surface area (Å²) in [5.41, 5.74) is 5.87. The number of nitrogens with zero attached hydrogens (tertiary/aromatic N) is 3. The molecule has 2 aliphatic heterocycles. The van der Waals surface area contributed by atoms with Gasteiger partial charge in [0.1, 0.15) is 6.10 Å². The molecular formula is C15H21N5O3. The summed E-state index contributed by atoms with van der Waals surface area (Å²) in [5.74, 6) is 0.395. The molecule has 0 spiro atoms. The number of anilines is 1. The molecule has 0 radical (unpaired) electrons. The Bertz CT molecular complexity index is 800. The Kier molecular flexibility index (Phi) is 3.21. The number of H-pyrrole nitrogens is 1. The third-order valence-corrected chi connectivity index (χ3v) is 5.31. The van der Waals surface area contributed by atoms with E-state index in [9.17, 15) is 4.79 Å². The maximum absolute atomic E-state index is 12.0. The molecule has 1 unspecified atom stereocenters. The van der Waals surface area contributed by atoms with Gasteiger partial charge in [-0.05, 0) is 12.8 Å². The van der Waals surface area contributed by atoms with Gasteiger partial charge in [-0.25, -0.2) is 4.98 Å². The highest BCUT2D eigenvalue weighted by molar-refractivity contribution is 5.70. The lowest BCUT2D eigenvalue weighted by Gasteiger charge is -2.37. The molecule has 3 N–H and O–H groups in total. The fraction of sp³-hybridized carbons (Fsp3) is 0.667. The van der Waals surface area contributed by atoms with Crippen molar-refractivity contribution in [2.75, 3.05) is 12.3 Å². The molecule has 2 bridgehead atoms. The summed E-state index contributed by atoms with van der Waals surface area (Å²) in [6.07, 6.45) is 4.01. The molecule has 2 aromatic rings. The molecule has 4 atom stereocenters. The van der Waals surface area contributed by atoms with E-state index in [-0.39, 0.29) is 35.0 Å². The first kappa shape index (κ1) is 14.6. The van der Waals surface area contributed by atoms with Crippen LogP contribution in [0.25, 0.3) is 11.2 Å². The standard InChI is InChI=1S/C15H21N5O3/c1-3-8-10-13(23-15(8,4-2)5-6-22-10)20-7-17-9-11(20)18-14(16)19-12(9)21/h7-8,10,13H,3-6H2,1-2H3,(H3,16,18,19,21)/t8-,10?,13-,15+/m1/s1. The quantitative estimate of drug-likeness (QED) is 0.880. The van der Waals surface area contributed by atoms with Crippen LogP contribution in [-0.4, -0.2) is 37.8 Å². The minimum atomic E-state index is -0.342. The van der Waals surface area contributed by atoms with E-state index in [0.29, 0.717) is 18.2 Å². The summed E-state index contributed by atoms with van der Waals surface area (Å²) in [6.45, 7) is 5.00. The largest absolute Gasteiger partial charge is 0.373 e. The van der Waals surface area contributed by atoms with Gasteiger partial charge in [0.2, 0.25) is 5.95 Å². The SMILES string of the molecule is CC[C@@H]1C2OCC[C@]1(CC)O[C@H]2n1cnc2c(=O)[nH]c(N)nc21. The molecular weight excluding hydrogens is 298 g/mol. The number of ether oxygens (including phenoxy) is 2. The van der Waals surface area contributed by atoms with Gasteiger partial charge in [-0.3, -0.25) is 14.3 Å². The molecule has 4 heterocycles. The van der Waals surface area contributed by atoms with Crippen LogP contribution in [-0.2, 0) is 9.47 Å². The zero-order valence-corrected chi connectivity index (χ0v) is 13.3. The number of aromatic nitrogens is 4. The monoisotopic (exact) mass is 319 g/mol. The second kappa shape index (κ2) is 5.04. The van der Waals surface area contributed by atoms with E-state index in [4.69, 9.17) is 15.2 Å². The average Bonchev–Trinajstić information content (AvgIpc) is 3.02. The van der Waals surface area contributed by atoms with Gasteiger partial charge in [-0.15, -0.1) is 0 Å². The topological polar surface area (TPSA) is 108 Å². The summed E-state index contributed by atoms with van der Waals surface area (Å²) in [7, 11) is 0. The van der Waals surface area contributed by atoms with Crippen LogP contribution in [0.3, 0.4) is 0 Å². The molecule has 8 nitrogen and oxygen atoms in total. The molecule has 124 valence electrons. The first-order chi connectivity index (χ1) is 11.1. The minimum Gasteiger partial charge on any atom is -0.373 e. The number of fused-ring (bicyclic) bond motifs is 3.